The first-order valence-corrected chi connectivity index (χ1v) is 7.92. The van der Waals surface area contributed by atoms with Crippen molar-refractivity contribution in [1.82, 2.24) is 40.1 Å². The van der Waals surface area contributed by atoms with E-state index in [1.807, 2.05) is 23.7 Å². The van der Waals surface area contributed by atoms with Crippen LogP contribution in [0.2, 0.25) is 0 Å². The number of nitrogens with zero attached hydrogens (tertiary/aromatic N) is 7. The van der Waals surface area contributed by atoms with Crippen LogP contribution in [0.1, 0.15) is 11.5 Å². The molecule has 0 saturated heterocycles. The smallest absolute Gasteiger partial charge is 0.180 e. The number of aromatic amines is 1. The molecule has 0 aliphatic carbocycles. The summed E-state index contributed by atoms with van der Waals surface area (Å²) in [6.07, 6.45) is 6.69. The fraction of sp³-hybridized carbons (Fsp3) is 0.125. The van der Waals surface area contributed by atoms with Crippen molar-refractivity contribution in [2.24, 2.45) is 0 Å². The van der Waals surface area contributed by atoms with Crippen LogP contribution in [0, 0.1) is 6.92 Å². The highest BCUT2D eigenvalue weighted by Gasteiger charge is 2.11. The summed E-state index contributed by atoms with van der Waals surface area (Å²) in [5.41, 5.74) is 4.53. The zero-order valence-electron chi connectivity index (χ0n) is 13.7. The van der Waals surface area contributed by atoms with Crippen molar-refractivity contribution in [2.45, 2.75) is 13.5 Å². The van der Waals surface area contributed by atoms with E-state index in [1.54, 1.807) is 24.8 Å². The van der Waals surface area contributed by atoms with Crippen molar-refractivity contribution in [3.63, 3.8) is 0 Å². The van der Waals surface area contributed by atoms with Crippen LogP contribution < -0.4 is 5.32 Å². The Morgan fingerprint density at radius 3 is 2.96 bits per heavy atom. The van der Waals surface area contributed by atoms with Crippen LogP contribution in [0.15, 0.2) is 41.4 Å². The Balaban J connectivity index is 1.50. The molecular weight excluding hydrogens is 334 g/mol. The van der Waals surface area contributed by atoms with Crippen LogP contribution in [-0.4, -0.2) is 40.1 Å². The van der Waals surface area contributed by atoms with Crippen LogP contribution in [0.5, 0.6) is 0 Å². The second-order valence-electron chi connectivity index (χ2n) is 5.81. The fourth-order valence-electron chi connectivity index (χ4n) is 2.78. The molecule has 5 heterocycles. The van der Waals surface area contributed by atoms with Crippen LogP contribution in [0.4, 0.5) is 11.5 Å². The predicted molar refractivity (Wildman–Crippen MR) is 92.8 cm³/mol. The maximum atomic E-state index is 5.12. The van der Waals surface area contributed by atoms with Gasteiger partial charge in [-0.05, 0) is 13.0 Å². The lowest BCUT2D eigenvalue weighted by Gasteiger charge is -2.05. The minimum atomic E-state index is 0.503. The van der Waals surface area contributed by atoms with E-state index >= 15 is 0 Å². The maximum absolute atomic E-state index is 5.12. The van der Waals surface area contributed by atoms with E-state index < -0.39 is 0 Å². The highest BCUT2D eigenvalue weighted by atomic mass is 16.5. The zero-order valence-corrected chi connectivity index (χ0v) is 13.7. The van der Waals surface area contributed by atoms with Gasteiger partial charge in [-0.1, -0.05) is 5.16 Å². The Bertz CT molecular complexity index is 1220. The van der Waals surface area contributed by atoms with Crippen molar-refractivity contribution in [1.29, 1.82) is 0 Å². The molecule has 5 aromatic heterocycles. The van der Waals surface area contributed by atoms with Gasteiger partial charge in [0.25, 0.3) is 0 Å². The number of hydrogen-bond acceptors (Lipinski definition) is 8. The van der Waals surface area contributed by atoms with Gasteiger partial charge in [-0.15, -0.1) is 0 Å². The van der Waals surface area contributed by atoms with Crippen LogP contribution >= 0.6 is 0 Å². The SMILES string of the molecule is Cc1cc(Cn2ncc3ncc(Nc4n[nH]c5nccnc45)cc32)no1. The first kappa shape index (κ1) is 14.5. The Morgan fingerprint density at radius 1 is 1.15 bits per heavy atom. The first-order chi connectivity index (χ1) is 12.8. The van der Waals surface area contributed by atoms with Gasteiger partial charge >= 0.3 is 0 Å². The third kappa shape index (κ3) is 2.44. The summed E-state index contributed by atoms with van der Waals surface area (Å²) in [4.78, 5) is 12.9. The molecule has 2 N–H and O–H groups in total. The molecule has 5 aromatic rings. The minimum absolute atomic E-state index is 0.503. The molecule has 0 saturated carbocycles. The van der Waals surface area contributed by atoms with Gasteiger partial charge < -0.3 is 9.84 Å². The molecule has 0 fully saturated rings. The molecule has 0 radical (unpaired) electrons. The molecule has 5 rings (SSSR count). The van der Waals surface area contributed by atoms with E-state index in [1.165, 1.54) is 0 Å². The molecule has 0 bridgehead atoms. The van der Waals surface area contributed by atoms with E-state index in [0.717, 1.165) is 28.2 Å². The second-order valence-corrected chi connectivity index (χ2v) is 5.81. The molecule has 0 atom stereocenters. The van der Waals surface area contributed by atoms with Crippen LogP contribution in [0.25, 0.3) is 22.2 Å². The number of H-pyrrole nitrogens is 1. The lowest BCUT2D eigenvalue weighted by molar-refractivity contribution is 0.388. The second kappa shape index (κ2) is 5.62. The van der Waals surface area contributed by atoms with Crippen molar-refractivity contribution in [3.8, 4) is 0 Å². The largest absolute Gasteiger partial charge is 0.361 e. The molecule has 0 aliphatic heterocycles. The normalized spacial score (nSPS) is 11.4. The van der Waals surface area contributed by atoms with E-state index in [0.29, 0.717) is 23.5 Å². The van der Waals surface area contributed by atoms with E-state index in [9.17, 15) is 0 Å². The van der Waals surface area contributed by atoms with Gasteiger partial charge in [-0.25, -0.2) is 9.97 Å². The Hall–Kier alpha value is -3.82. The number of hydrogen-bond donors (Lipinski definition) is 2. The quantitative estimate of drug-likeness (QED) is 0.507. The Morgan fingerprint density at radius 2 is 2.08 bits per heavy atom. The van der Waals surface area contributed by atoms with Gasteiger partial charge in [-0.2, -0.15) is 10.2 Å². The van der Waals surface area contributed by atoms with E-state index in [-0.39, 0.29) is 0 Å². The summed E-state index contributed by atoms with van der Waals surface area (Å²) < 4.78 is 6.94. The number of rotatable bonds is 4. The summed E-state index contributed by atoms with van der Waals surface area (Å²) in [6.45, 7) is 2.36. The van der Waals surface area contributed by atoms with Gasteiger partial charge in [0.15, 0.2) is 17.0 Å². The molecular formula is C16H13N9O. The Kier molecular flexibility index (Phi) is 3.14. The molecule has 26 heavy (non-hydrogen) atoms. The van der Waals surface area contributed by atoms with E-state index in [4.69, 9.17) is 4.52 Å². The zero-order chi connectivity index (χ0) is 17.5. The summed E-state index contributed by atoms with van der Waals surface area (Å²) in [7, 11) is 0. The number of pyridine rings is 1. The maximum Gasteiger partial charge on any atom is 0.180 e. The molecule has 0 spiro atoms. The van der Waals surface area contributed by atoms with Gasteiger partial charge in [0.2, 0.25) is 0 Å². The topological polar surface area (TPSA) is 123 Å². The van der Waals surface area contributed by atoms with Crippen LogP contribution in [0.3, 0.4) is 0 Å². The number of nitrogens with one attached hydrogen (secondary N) is 2. The number of fused-ring (bicyclic) bond motifs is 2. The van der Waals surface area contributed by atoms with Crippen molar-refractivity contribution < 1.29 is 4.52 Å². The average Bonchev–Trinajstić information content (AvgIpc) is 3.36. The summed E-state index contributed by atoms with van der Waals surface area (Å²) >= 11 is 0. The molecule has 0 amide bonds. The molecule has 0 aliphatic rings. The van der Waals surface area contributed by atoms with Gasteiger partial charge in [0.1, 0.15) is 17.0 Å². The Labute approximate surface area is 146 Å². The highest BCUT2D eigenvalue weighted by molar-refractivity contribution is 5.86. The number of aromatic nitrogens is 8. The third-order valence-electron chi connectivity index (χ3n) is 3.94. The summed E-state index contributed by atoms with van der Waals surface area (Å²) in [5.74, 6) is 1.36. The lowest BCUT2D eigenvalue weighted by Crippen LogP contribution is -2.02. The third-order valence-corrected chi connectivity index (χ3v) is 3.94. The molecule has 0 aromatic carbocycles. The average molecular weight is 347 g/mol. The molecule has 128 valence electrons. The van der Waals surface area contributed by atoms with Gasteiger partial charge in [0, 0.05) is 18.5 Å². The first-order valence-electron chi connectivity index (χ1n) is 7.92. The number of aryl methyl sites for hydroxylation is 1. The van der Waals surface area contributed by atoms with Gasteiger partial charge in [-0.3, -0.25) is 14.8 Å². The minimum Gasteiger partial charge on any atom is -0.361 e. The molecule has 0 unspecified atom stereocenters. The molecule has 10 nitrogen and oxygen atoms in total. The molecule has 10 heteroatoms. The summed E-state index contributed by atoms with van der Waals surface area (Å²) in [5, 5.41) is 18.7. The standard InChI is InChI=1S/C16H13N9O/c1-9-4-11(24-26-9)8-25-13-5-10(6-19-12(13)7-20-25)21-16-14-15(22-23-16)18-3-2-17-14/h2-7H,8H2,1H3,(H2,18,21,22,23). The monoisotopic (exact) mass is 347 g/mol. The van der Waals surface area contributed by atoms with Gasteiger partial charge in [0.05, 0.1) is 30.1 Å². The van der Waals surface area contributed by atoms with Crippen molar-refractivity contribution in [2.75, 3.05) is 5.32 Å². The van der Waals surface area contributed by atoms with Crippen LogP contribution in [-0.2, 0) is 6.54 Å². The van der Waals surface area contributed by atoms with Crippen molar-refractivity contribution in [3.05, 3.63) is 48.4 Å². The predicted octanol–water partition coefficient (Wildman–Crippen LogP) is 2.19. The number of anilines is 2. The lowest BCUT2D eigenvalue weighted by atomic mass is 10.3. The fourth-order valence-corrected chi connectivity index (χ4v) is 2.78. The van der Waals surface area contributed by atoms with E-state index in [2.05, 4.69) is 40.7 Å². The van der Waals surface area contributed by atoms with Crippen molar-refractivity contribution >= 4 is 33.7 Å². The summed E-state index contributed by atoms with van der Waals surface area (Å²) in [6, 6.07) is 3.84. The highest BCUT2D eigenvalue weighted by Crippen LogP contribution is 2.23.